The number of nitrogens with zero attached hydrogens (tertiary/aromatic N) is 4. The number of rotatable bonds is 3. The first-order chi connectivity index (χ1) is 9.74. The third-order valence-electron chi connectivity index (χ3n) is 2.35. The summed E-state index contributed by atoms with van der Waals surface area (Å²) in [5.41, 5.74) is 7.17. The maximum absolute atomic E-state index is 11.8. The summed E-state index contributed by atoms with van der Waals surface area (Å²) in [5, 5.41) is 6.97. The lowest BCUT2D eigenvalue weighted by Gasteiger charge is -1.97. The van der Waals surface area contributed by atoms with Gasteiger partial charge in [-0.05, 0) is 23.4 Å². The van der Waals surface area contributed by atoms with Crippen LogP contribution in [-0.2, 0) is 4.84 Å². The first-order valence-electron chi connectivity index (χ1n) is 5.33. The fourth-order valence-electron chi connectivity index (χ4n) is 1.40. The Morgan fingerprint density at radius 1 is 1.40 bits per heavy atom. The second kappa shape index (κ2) is 5.01. The summed E-state index contributed by atoms with van der Waals surface area (Å²) in [6.45, 7) is 0. The normalized spacial score (nSPS) is 11.7. The molecule has 9 nitrogen and oxygen atoms in total. The Balaban J connectivity index is 1.77. The highest BCUT2D eigenvalue weighted by atomic mass is 32.1. The molecule has 0 aliphatic heterocycles. The Hall–Kier alpha value is -2.88. The van der Waals surface area contributed by atoms with E-state index in [0.717, 1.165) is 11.7 Å². The smallest absolute Gasteiger partial charge is 0.374 e. The topological polar surface area (TPSA) is 131 Å². The fraction of sp³-hybridized carbons (Fsp3) is 0. The molecule has 3 N–H and O–H groups in total. The van der Waals surface area contributed by atoms with Gasteiger partial charge in [0, 0.05) is 0 Å². The third-order valence-corrected chi connectivity index (χ3v) is 2.91. The summed E-state index contributed by atoms with van der Waals surface area (Å²) in [4.78, 5) is 19.1. The van der Waals surface area contributed by atoms with E-state index in [9.17, 15) is 4.79 Å². The zero-order valence-corrected chi connectivity index (χ0v) is 10.6. The first-order valence-corrected chi connectivity index (χ1v) is 6.06. The van der Waals surface area contributed by atoms with Crippen LogP contribution < -0.4 is 10.7 Å². The number of carbonyl (C=O) groups excluding carboxylic acids is 1. The number of oxime groups is 1. The number of aromatic amines is 1. The Bertz CT molecular complexity index is 781. The third kappa shape index (κ3) is 2.31. The molecule has 3 rings (SSSR count). The zero-order chi connectivity index (χ0) is 13.9. The van der Waals surface area contributed by atoms with Crippen LogP contribution in [0.2, 0.25) is 0 Å². The number of nitrogens with one attached hydrogen (secondary N) is 1. The highest BCUT2D eigenvalue weighted by molar-refractivity contribution is 7.00. The molecule has 0 fully saturated rings. The minimum Gasteiger partial charge on any atom is -0.374 e. The van der Waals surface area contributed by atoms with Crippen molar-refractivity contribution in [3.05, 3.63) is 36.0 Å². The van der Waals surface area contributed by atoms with Crippen LogP contribution in [0.15, 0.2) is 34.3 Å². The van der Waals surface area contributed by atoms with Gasteiger partial charge in [-0.15, -0.1) is 0 Å². The number of carbonyl (C=O) groups is 1. The highest BCUT2D eigenvalue weighted by Crippen LogP contribution is 2.14. The molecule has 0 atom stereocenters. The average molecular weight is 291 g/mol. The van der Waals surface area contributed by atoms with Crippen molar-refractivity contribution < 1.29 is 19.1 Å². The SMILES string of the molecule is NC(=NOC(=O)c1ccc2nsnc2c1)c1noc[nH+]1. The molecule has 0 bridgehead atoms. The van der Waals surface area contributed by atoms with Crippen LogP contribution in [0.5, 0.6) is 0 Å². The van der Waals surface area contributed by atoms with E-state index in [0.29, 0.717) is 16.6 Å². The first kappa shape index (κ1) is 12.2. The second-order valence-corrected chi connectivity index (χ2v) is 4.16. The lowest BCUT2D eigenvalue weighted by Crippen LogP contribution is -2.23. The van der Waals surface area contributed by atoms with Crippen LogP contribution >= 0.6 is 11.7 Å². The van der Waals surface area contributed by atoms with E-state index >= 15 is 0 Å². The molecule has 20 heavy (non-hydrogen) atoms. The Kier molecular flexibility index (Phi) is 3.05. The van der Waals surface area contributed by atoms with Crippen molar-refractivity contribution in [2.45, 2.75) is 0 Å². The molecule has 100 valence electrons. The number of benzene rings is 1. The van der Waals surface area contributed by atoms with E-state index in [2.05, 4.69) is 28.6 Å². The number of H-pyrrole nitrogens is 1. The summed E-state index contributed by atoms with van der Waals surface area (Å²) >= 11 is 1.07. The van der Waals surface area contributed by atoms with E-state index in [1.807, 2.05) is 0 Å². The molecule has 2 aromatic heterocycles. The minimum absolute atomic E-state index is 0.108. The zero-order valence-electron chi connectivity index (χ0n) is 9.81. The number of fused-ring (bicyclic) bond motifs is 1. The van der Waals surface area contributed by atoms with E-state index < -0.39 is 5.97 Å². The van der Waals surface area contributed by atoms with E-state index in [1.165, 1.54) is 6.39 Å². The molecule has 0 saturated heterocycles. The maximum atomic E-state index is 11.8. The molecule has 0 aliphatic rings. The lowest BCUT2D eigenvalue weighted by atomic mass is 10.2. The van der Waals surface area contributed by atoms with Gasteiger partial charge in [-0.2, -0.15) is 8.75 Å². The predicted molar refractivity (Wildman–Crippen MR) is 66.6 cm³/mol. The Labute approximate surface area is 115 Å². The fourth-order valence-corrected chi connectivity index (χ4v) is 1.92. The van der Waals surface area contributed by atoms with Crippen molar-refractivity contribution in [3.8, 4) is 0 Å². The van der Waals surface area contributed by atoms with Gasteiger partial charge in [0.05, 0.1) is 17.3 Å². The summed E-state index contributed by atoms with van der Waals surface area (Å²) in [6, 6.07) is 4.81. The molecule has 0 spiro atoms. The number of aromatic nitrogens is 4. The number of hydrogen-bond donors (Lipinski definition) is 1. The lowest BCUT2D eigenvalue weighted by molar-refractivity contribution is -0.386. The molecule has 0 radical (unpaired) electrons. The standard InChI is InChI=1S/C10H6N6O3S/c11-8(9-12-4-18-14-9)13-19-10(17)5-1-2-6-7(3-5)16-20-15-6/h1-4H,(H2,11,13)/p+1. The van der Waals surface area contributed by atoms with E-state index in [1.54, 1.807) is 18.2 Å². The van der Waals surface area contributed by atoms with Crippen LogP contribution in [0.25, 0.3) is 11.0 Å². The van der Waals surface area contributed by atoms with Crippen molar-refractivity contribution in [2.24, 2.45) is 10.9 Å². The summed E-state index contributed by atoms with van der Waals surface area (Å²) in [6.07, 6.45) is 1.21. The van der Waals surface area contributed by atoms with Gasteiger partial charge in [0.2, 0.25) is 0 Å². The Morgan fingerprint density at radius 3 is 3.05 bits per heavy atom. The number of hydrogen-bond acceptors (Lipinski definition) is 8. The van der Waals surface area contributed by atoms with Gasteiger partial charge in [-0.1, -0.05) is 0 Å². The van der Waals surface area contributed by atoms with Crippen molar-refractivity contribution in [1.82, 2.24) is 13.9 Å². The average Bonchev–Trinajstić information content (AvgIpc) is 3.13. The van der Waals surface area contributed by atoms with Crippen LogP contribution in [0.1, 0.15) is 16.2 Å². The molecule has 0 unspecified atom stereocenters. The number of amidine groups is 1. The van der Waals surface area contributed by atoms with Crippen molar-refractivity contribution in [1.29, 1.82) is 0 Å². The van der Waals surface area contributed by atoms with Gasteiger partial charge in [0.15, 0.2) is 5.16 Å². The maximum Gasteiger partial charge on any atom is 0.416 e. The number of nitrogens with two attached hydrogens (primary N) is 1. The van der Waals surface area contributed by atoms with Crippen molar-refractivity contribution >= 4 is 34.6 Å². The largest absolute Gasteiger partial charge is 0.416 e. The van der Waals surface area contributed by atoms with Crippen LogP contribution in [-0.4, -0.2) is 25.7 Å². The second-order valence-electron chi connectivity index (χ2n) is 3.63. The van der Waals surface area contributed by atoms with Gasteiger partial charge < -0.3 is 10.6 Å². The van der Waals surface area contributed by atoms with Crippen LogP contribution in [0.3, 0.4) is 0 Å². The molecule has 0 saturated carbocycles. The van der Waals surface area contributed by atoms with Crippen molar-refractivity contribution in [2.75, 3.05) is 0 Å². The van der Waals surface area contributed by atoms with Crippen molar-refractivity contribution in [3.63, 3.8) is 0 Å². The molecule has 3 aromatic rings. The van der Waals surface area contributed by atoms with Gasteiger partial charge in [0.1, 0.15) is 11.0 Å². The van der Waals surface area contributed by atoms with Crippen LogP contribution in [0, 0.1) is 0 Å². The molecular formula is C10H7N6O3S+. The van der Waals surface area contributed by atoms with Gasteiger partial charge >= 0.3 is 18.2 Å². The molecule has 1 aromatic carbocycles. The predicted octanol–water partition coefficient (Wildman–Crippen LogP) is -0.0293. The van der Waals surface area contributed by atoms with E-state index in [4.69, 9.17) is 10.6 Å². The molecule has 2 heterocycles. The Morgan fingerprint density at radius 2 is 2.25 bits per heavy atom. The minimum atomic E-state index is -0.661. The molecule has 0 aliphatic carbocycles. The monoisotopic (exact) mass is 291 g/mol. The van der Waals surface area contributed by atoms with Gasteiger partial charge in [-0.3, -0.25) is 0 Å². The summed E-state index contributed by atoms with van der Waals surface area (Å²) < 4.78 is 12.6. The molecular weight excluding hydrogens is 284 g/mol. The molecule has 0 amide bonds. The van der Waals surface area contributed by atoms with Crippen LogP contribution in [0.4, 0.5) is 0 Å². The molecule has 10 heteroatoms. The summed E-state index contributed by atoms with van der Waals surface area (Å²) in [5.74, 6) is -0.605. The van der Waals surface area contributed by atoms with Gasteiger partial charge in [-0.25, -0.2) is 14.3 Å². The highest BCUT2D eigenvalue weighted by Gasteiger charge is 2.16. The quantitative estimate of drug-likeness (QED) is 0.310. The summed E-state index contributed by atoms with van der Waals surface area (Å²) in [7, 11) is 0. The van der Waals surface area contributed by atoms with E-state index in [-0.39, 0.29) is 11.7 Å². The van der Waals surface area contributed by atoms with Gasteiger partial charge in [0.25, 0.3) is 5.84 Å².